The van der Waals surface area contributed by atoms with Crippen LogP contribution < -0.4 is 20.9 Å². The maximum Gasteiger partial charge on any atom is 0.262 e. The van der Waals surface area contributed by atoms with Crippen LogP contribution >= 0.6 is 23.2 Å². The van der Waals surface area contributed by atoms with Crippen LogP contribution in [-0.2, 0) is 17.9 Å². The summed E-state index contributed by atoms with van der Waals surface area (Å²) >= 11 is 14.2. The van der Waals surface area contributed by atoms with E-state index < -0.39 is 12.2 Å². The summed E-state index contributed by atoms with van der Waals surface area (Å²) in [6, 6.07) is 19.1. The highest BCUT2D eigenvalue weighted by Gasteiger charge is 2.30. The molecule has 2 aromatic carbocycles. The number of benzene rings is 2. The molecular weight excluding hydrogens is 679 g/mol. The molecule has 0 spiro atoms. The van der Waals surface area contributed by atoms with Gasteiger partial charge in [0.25, 0.3) is 5.56 Å². The molecule has 2 saturated heterocycles. The summed E-state index contributed by atoms with van der Waals surface area (Å²) in [6.07, 6.45) is 2.96. The van der Waals surface area contributed by atoms with Gasteiger partial charge in [0, 0.05) is 85.4 Å². The summed E-state index contributed by atoms with van der Waals surface area (Å²) in [5.41, 5.74) is 5.98. The van der Waals surface area contributed by atoms with Crippen molar-refractivity contribution in [2.75, 3.05) is 26.7 Å². The third kappa shape index (κ3) is 6.85. The Morgan fingerprint density at radius 3 is 2.34 bits per heavy atom. The highest BCUT2D eigenvalue weighted by atomic mass is 35.5. The number of nitrogens with one attached hydrogen (secondary N) is 2. The molecule has 5 heterocycles. The molecule has 0 bridgehead atoms. The fourth-order valence-corrected chi connectivity index (χ4v) is 7.31. The molecule has 4 N–H and O–H groups in total. The Morgan fingerprint density at radius 2 is 1.64 bits per heavy atom. The van der Waals surface area contributed by atoms with Gasteiger partial charge in [0.15, 0.2) is 0 Å². The van der Waals surface area contributed by atoms with E-state index in [0.717, 1.165) is 39.8 Å². The number of fused-ring (bicyclic) bond motifs is 1. The zero-order valence-corrected chi connectivity index (χ0v) is 28.8. The van der Waals surface area contributed by atoms with Gasteiger partial charge in [-0.05, 0) is 30.2 Å². The van der Waals surface area contributed by atoms with Gasteiger partial charge >= 0.3 is 0 Å². The molecular formula is C37H36Cl2N6O5. The monoisotopic (exact) mass is 714 g/mol. The van der Waals surface area contributed by atoms with Crippen molar-refractivity contribution in [3.05, 3.63) is 105 Å². The highest BCUT2D eigenvalue weighted by molar-refractivity contribution is 6.39. The summed E-state index contributed by atoms with van der Waals surface area (Å²) in [4.78, 5) is 35.9. The first-order valence-corrected chi connectivity index (χ1v) is 17.2. The molecule has 0 saturated carbocycles. The number of rotatable bonds is 10. The van der Waals surface area contributed by atoms with Crippen LogP contribution in [0.4, 0.5) is 0 Å². The van der Waals surface area contributed by atoms with Crippen molar-refractivity contribution >= 4 is 34.8 Å². The van der Waals surface area contributed by atoms with Crippen LogP contribution in [0.3, 0.4) is 0 Å². The third-order valence-electron chi connectivity index (χ3n) is 9.31. The molecule has 3 aromatic heterocycles. The van der Waals surface area contributed by atoms with Gasteiger partial charge in [-0.1, -0.05) is 65.7 Å². The van der Waals surface area contributed by atoms with E-state index in [1.807, 2.05) is 65.6 Å². The molecule has 1 amide bonds. The van der Waals surface area contributed by atoms with Gasteiger partial charge in [-0.2, -0.15) is 0 Å². The summed E-state index contributed by atoms with van der Waals surface area (Å²) in [5, 5.41) is 27.1. The van der Waals surface area contributed by atoms with Crippen LogP contribution in [0.2, 0.25) is 10.0 Å². The van der Waals surface area contributed by atoms with Gasteiger partial charge in [0.05, 0.1) is 40.6 Å². The number of carbonyl (C=O) groups excluding carboxylic acids is 1. The van der Waals surface area contributed by atoms with E-state index in [-0.39, 0.29) is 24.1 Å². The molecule has 2 fully saturated rings. The van der Waals surface area contributed by atoms with E-state index in [1.165, 1.54) is 4.40 Å². The molecule has 2 aliphatic heterocycles. The lowest BCUT2D eigenvalue weighted by Gasteiger charge is -2.16. The van der Waals surface area contributed by atoms with Crippen molar-refractivity contribution in [3.8, 4) is 39.4 Å². The number of likely N-dealkylation sites (tertiary alicyclic amines) is 1. The second-order valence-corrected chi connectivity index (χ2v) is 13.5. The zero-order chi connectivity index (χ0) is 34.9. The van der Waals surface area contributed by atoms with Crippen LogP contribution in [0.25, 0.3) is 39.2 Å². The predicted molar refractivity (Wildman–Crippen MR) is 192 cm³/mol. The minimum atomic E-state index is -0.828. The van der Waals surface area contributed by atoms with Gasteiger partial charge in [-0.25, -0.2) is 9.97 Å². The van der Waals surface area contributed by atoms with Crippen molar-refractivity contribution in [1.82, 2.24) is 29.9 Å². The Bertz CT molecular complexity index is 2130. The Labute approximate surface area is 298 Å². The largest absolute Gasteiger partial charge is 0.481 e. The lowest BCUT2D eigenvalue weighted by atomic mass is 9.97. The average molecular weight is 716 g/mol. The smallest absolute Gasteiger partial charge is 0.262 e. The van der Waals surface area contributed by atoms with E-state index in [9.17, 15) is 19.8 Å². The summed E-state index contributed by atoms with van der Waals surface area (Å²) < 4.78 is 7.12. The van der Waals surface area contributed by atoms with E-state index in [2.05, 4.69) is 15.6 Å². The molecule has 2 aliphatic rings. The lowest BCUT2D eigenvalue weighted by molar-refractivity contribution is -0.119. The maximum absolute atomic E-state index is 13.3. The van der Waals surface area contributed by atoms with Crippen LogP contribution in [-0.4, -0.2) is 80.4 Å². The van der Waals surface area contributed by atoms with Crippen LogP contribution in [0.15, 0.2) is 77.9 Å². The van der Waals surface area contributed by atoms with E-state index in [4.69, 9.17) is 32.9 Å². The van der Waals surface area contributed by atoms with Crippen molar-refractivity contribution in [3.63, 3.8) is 0 Å². The Morgan fingerprint density at radius 1 is 0.940 bits per heavy atom. The normalized spacial score (nSPS) is 19.3. The van der Waals surface area contributed by atoms with Crippen LogP contribution in [0, 0.1) is 0 Å². The quantitative estimate of drug-likeness (QED) is 0.167. The number of aliphatic hydroxyl groups excluding tert-OH is 2. The Hall–Kier alpha value is -4.36. The fourth-order valence-electron chi connectivity index (χ4n) is 6.65. The number of halogens is 2. The minimum absolute atomic E-state index is 0.0887. The van der Waals surface area contributed by atoms with Crippen molar-refractivity contribution in [1.29, 1.82) is 0 Å². The first-order chi connectivity index (χ1) is 24.2. The number of aromatic nitrogens is 3. The van der Waals surface area contributed by atoms with E-state index >= 15 is 0 Å². The molecule has 0 aliphatic carbocycles. The minimum Gasteiger partial charge on any atom is -0.481 e. The molecule has 3 atom stereocenters. The standard InChI is InChI=1S/C37H36Cl2N6O5/c1-50-36-22(15-40-17-24-9-11-33(48)42-24)8-10-29(43-36)28-7-3-6-27(35(28)39)26-5-2-4-25(34(26)38)21-12-13-45-32(14-21)41-16-23(37(45)49)18-44-19-30(46)31(47)20-44/h2-8,10,12-14,16,24,30-31,40,46-47H,9,11,15,17-20H2,1H3,(H,42,48)/t24?,30-,31-/m0/s1. The summed E-state index contributed by atoms with van der Waals surface area (Å²) in [6.45, 7) is 2.07. The Balaban J connectivity index is 1.13. The van der Waals surface area contributed by atoms with Crippen LogP contribution in [0.5, 0.6) is 5.88 Å². The van der Waals surface area contributed by atoms with Crippen molar-refractivity contribution in [2.24, 2.45) is 0 Å². The van der Waals surface area contributed by atoms with Gasteiger partial charge in [-0.3, -0.25) is 18.9 Å². The van der Waals surface area contributed by atoms with E-state index in [1.54, 1.807) is 19.5 Å². The van der Waals surface area contributed by atoms with Gasteiger partial charge in [-0.15, -0.1) is 0 Å². The molecule has 7 rings (SSSR count). The van der Waals surface area contributed by atoms with Gasteiger partial charge in [0.2, 0.25) is 11.8 Å². The SMILES string of the molecule is COc1nc(-c2cccc(-c3cccc(-c4ccn5c(=O)c(CN6C[C@H](O)[C@@H](O)C6)cnc5c4)c3Cl)c2Cl)ccc1CNCC1CCC(=O)N1. The molecule has 0 radical (unpaired) electrons. The second-order valence-electron chi connectivity index (χ2n) is 12.7. The van der Waals surface area contributed by atoms with Gasteiger partial charge in [0.1, 0.15) is 5.65 Å². The number of ether oxygens (including phenoxy) is 1. The number of hydrogen-bond donors (Lipinski definition) is 4. The maximum atomic E-state index is 13.3. The molecule has 50 heavy (non-hydrogen) atoms. The number of carbonyl (C=O) groups is 1. The molecule has 11 nitrogen and oxygen atoms in total. The third-order valence-corrected chi connectivity index (χ3v) is 10.1. The predicted octanol–water partition coefficient (Wildman–Crippen LogP) is 4.31. The van der Waals surface area contributed by atoms with Crippen molar-refractivity contribution in [2.45, 2.75) is 44.2 Å². The zero-order valence-electron chi connectivity index (χ0n) is 27.3. The molecule has 5 aromatic rings. The number of methoxy groups -OCH3 is 1. The first-order valence-electron chi connectivity index (χ1n) is 16.4. The number of pyridine rings is 2. The summed E-state index contributed by atoms with van der Waals surface area (Å²) in [5.74, 6) is 0.572. The molecule has 1 unspecified atom stereocenters. The number of hydrogen-bond acceptors (Lipinski definition) is 9. The topological polar surface area (TPSA) is 141 Å². The average Bonchev–Trinajstić information content (AvgIpc) is 3.68. The van der Waals surface area contributed by atoms with Gasteiger partial charge < -0.3 is 25.6 Å². The molecule has 258 valence electrons. The molecule has 13 heteroatoms. The fraction of sp³-hybridized carbons (Fsp3) is 0.297. The van der Waals surface area contributed by atoms with Crippen LogP contribution in [0.1, 0.15) is 24.0 Å². The summed E-state index contributed by atoms with van der Waals surface area (Å²) in [7, 11) is 1.58. The number of amides is 1. The number of aliphatic hydroxyl groups is 2. The second kappa shape index (κ2) is 14.5. The lowest BCUT2D eigenvalue weighted by Crippen LogP contribution is -2.35. The Kier molecular flexibility index (Phi) is 9.87. The first kappa shape index (κ1) is 34.1. The van der Waals surface area contributed by atoms with E-state index in [0.29, 0.717) is 65.4 Å². The number of β-amino-alcohol motifs (C(OH)–C–C–N with tert-alkyl or cyclic N) is 2. The number of nitrogens with zero attached hydrogens (tertiary/aromatic N) is 4. The highest BCUT2D eigenvalue weighted by Crippen LogP contribution is 2.42. The van der Waals surface area contributed by atoms with Crippen molar-refractivity contribution < 1.29 is 19.7 Å².